The van der Waals surface area contributed by atoms with Crippen molar-refractivity contribution in [1.29, 1.82) is 0 Å². The fraction of sp³-hybridized carbons (Fsp3) is 0.0909. The quantitative estimate of drug-likeness (QED) is 0.267. The first kappa shape index (κ1) is 12.7. The number of phenolic OH excluding ortho intramolecular Hbond substituents is 1. The van der Waals surface area contributed by atoms with Crippen LogP contribution in [0.2, 0.25) is 0 Å². The molecule has 1 rings (SSSR count). The van der Waals surface area contributed by atoms with Crippen molar-refractivity contribution in [2.24, 2.45) is 0 Å². The van der Waals surface area contributed by atoms with Crippen molar-refractivity contribution in [3.63, 3.8) is 0 Å². The van der Waals surface area contributed by atoms with Gasteiger partial charge in [-0.3, -0.25) is 4.89 Å². The maximum Gasteiger partial charge on any atom is 0.380 e. The largest absolute Gasteiger partial charge is 0.508 e. The zero-order valence-corrected chi connectivity index (χ0v) is 8.91. The third kappa shape index (κ3) is 3.62. The summed E-state index contributed by atoms with van der Waals surface area (Å²) in [5, 5.41) is 17.9. The number of phenols is 1. The second kappa shape index (κ2) is 5.66. The molecule has 0 bridgehead atoms. The molecule has 0 aliphatic carbocycles. The first-order chi connectivity index (χ1) is 8.04. The summed E-state index contributed by atoms with van der Waals surface area (Å²) in [6.07, 6.45) is 1.11. The molecule has 0 fully saturated rings. The van der Waals surface area contributed by atoms with E-state index in [9.17, 15) is 9.59 Å². The normalized spacial score (nSPS) is 11.0. The Kier molecular flexibility index (Phi) is 4.24. The fourth-order valence-electron chi connectivity index (χ4n) is 1.07. The SMILES string of the molecule is COOC(=O)C(=Cc1ccc(O)cc1)C(=O)O. The monoisotopic (exact) mass is 238 g/mol. The first-order valence-electron chi connectivity index (χ1n) is 4.53. The molecule has 1 aromatic carbocycles. The van der Waals surface area contributed by atoms with E-state index >= 15 is 0 Å². The molecule has 90 valence electrons. The summed E-state index contributed by atoms with van der Waals surface area (Å²) >= 11 is 0. The summed E-state index contributed by atoms with van der Waals surface area (Å²) in [5.41, 5.74) is -0.134. The van der Waals surface area contributed by atoms with Gasteiger partial charge in [-0.1, -0.05) is 12.1 Å². The van der Waals surface area contributed by atoms with Crippen molar-refractivity contribution in [3.8, 4) is 5.75 Å². The highest BCUT2D eigenvalue weighted by atomic mass is 17.2. The van der Waals surface area contributed by atoms with Gasteiger partial charge < -0.3 is 10.2 Å². The Morgan fingerprint density at radius 3 is 2.29 bits per heavy atom. The average Bonchev–Trinajstić information content (AvgIpc) is 2.28. The molecular weight excluding hydrogens is 228 g/mol. The van der Waals surface area contributed by atoms with Crippen molar-refractivity contribution < 1.29 is 29.6 Å². The van der Waals surface area contributed by atoms with Gasteiger partial charge in [0.15, 0.2) is 0 Å². The summed E-state index contributed by atoms with van der Waals surface area (Å²) < 4.78 is 0. The van der Waals surface area contributed by atoms with Crippen molar-refractivity contribution in [3.05, 3.63) is 35.4 Å². The van der Waals surface area contributed by atoms with E-state index in [1.807, 2.05) is 0 Å². The number of hydrogen-bond donors (Lipinski definition) is 2. The van der Waals surface area contributed by atoms with Crippen LogP contribution < -0.4 is 0 Å². The zero-order valence-electron chi connectivity index (χ0n) is 8.91. The maximum atomic E-state index is 11.2. The van der Waals surface area contributed by atoms with E-state index in [2.05, 4.69) is 9.78 Å². The Labute approximate surface area is 96.6 Å². The van der Waals surface area contributed by atoms with Gasteiger partial charge in [0.05, 0.1) is 7.11 Å². The van der Waals surface area contributed by atoms with Gasteiger partial charge in [0.2, 0.25) is 0 Å². The van der Waals surface area contributed by atoms with Gasteiger partial charge in [-0.05, 0) is 23.8 Å². The van der Waals surface area contributed by atoms with Crippen LogP contribution in [0.25, 0.3) is 6.08 Å². The molecule has 17 heavy (non-hydrogen) atoms. The van der Waals surface area contributed by atoms with E-state index in [4.69, 9.17) is 10.2 Å². The number of carbonyl (C=O) groups is 2. The standard InChI is InChI=1S/C11H10O6/c1-16-17-11(15)9(10(13)14)6-7-2-4-8(12)5-3-7/h2-6,12H,1H3,(H,13,14). The molecule has 0 aromatic heterocycles. The third-order valence-electron chi connectivity index (χ3n) is 1.81. The predicted octanol–water partition coefficient (Wildman–Crippen LogP) is 0.965. The summed E-state index contributed by atoms with van der Waals surface area (Å²) in [6.45, 7) is 0. The number of aromatic hydroxyl groups is 1. The number of aliphatic carboxylic acids is 1. The van der Waals surface area contributed by atoms with Crippen LogP contribution in [0, 0.1) is 0 Å². The molecule has 0 saturated heterocycles. The number of rotatable bonds is 4. The van der Waals surface area contributed by atoms with E-state index in [-0.39, 0.29) is 5.75 Å². The van der Waals surface area contributed by atoms with Crippen LogP contribution in [0.3, 0.4) is 0 Å². The van der Waals surface area contributed by atoms with Gasteiger partial charge in [0.1, 0.15) is 11.3 Å². The van der Waals surface area contributed by atoms with Crippen LogP contribution in [0.5, 0.6) is 5.75 Å². The van der Waals surface area contributed by atoms with Crippen LogP contribution >= 0.6 is 0 Å². The van der Waals surface area contributed by atoms with Crippen LogP contribution in [-0.2, 0) is 19.4 Å². The Bertz CT molecular complexity index is 446. The predicted molar refractivity (Wildman–Crippen MR) is 56.8 cm³/mol. The van der Waals surface area contributed by atoms with E-state index in [0.29, 0.717) is 5.56 Å². The highest BCUT2D eigenvalue weighted by Crippen LogP contribution is 2.13. The van der Waals surface area contributed by atoms with Crippen LogP contribution in [0.1, 0.15) is 5.56 Å². The van der Waals surface area contributed by atoms with Gasteiger partial charge in [-0.15, -0.1) is 0 Å². The van der Waals surface area contributed by atoms with Gasteiger partial charge >= 0.3 is 11.9 Å². The smallest absolute Gasteiger partial charge is 0.380 e. The summed E-state index contributed by atoms with van der Waals surface area (Å²) in [6, 6.07) is 5.65. The van der Waals surface area contributed by atoms with Crippen LogP contribution in [0.15, 0.2) is 29.8 Å². The maximum absolute atomic E-state index is 11.2. The van der Waals surface area contributed by atoms with Crippen molar-refractivity contribution in [2.45, 2.75) is 0 Å². The van der Waals surface area contributed by atoms with Crippen molar-refractivity contribution in [2.75, 3.05) is 7.11 Å². The summed E-state index contributed by atoms with van der Waals surface area (Å²) in [4.78, 5) is 30.2. The minimum absolute atomic E-state index is 0.0403. The van der Waals surface area contributed by atoms with Gasteiger partial charge in [-0.2, -0.15) is 4.89 Å². The molecule has 6 heteroatoms. The second-order valence-electron chi connectivity index (χ2n) is 2.99. The number of carbonyl (C=O) groups excluding carboxylic acids is 1. The number of carboxylic acids is 1. The minimum Gasteiger partial charge on any atom is -0.508 e. The second-order valence-corrected chi connectivity index (χ2v) is 2.99. The molecule has 0 radical (unpaired) electrons. The lowest BCUT2D eigenvalue weighted by Gasteiger charge is -2.01. The van der Waals surface area contributed by atoms with Gasteiger partial charge in [0, 0.05) is 0 Å². The highest BCUT2D eigenvalue weighted by Gasteiger charge is 2.19. The highest BCUT2D eigenvalue weighted by molar-refractivity contribution is 6.16. The van der Waals surface area contributed by atoms with Crippen molar-refractivity contribution in [1.82, 2.24) is 0 Å². The van der Waals surface area contributed by atoms with E-state index in [1.54, 1.807) is 0 Å². The van der Waals surface area contributed by atoms with Crippen LogP contribution in [0.4, 0.5) is 0 Å². The molecule has 0 unspecified atom stereocenters. The fourth-order valence-corrected chi connectivity index (χ4v) is 1.07. The Morgan fingerprint density at radius 2 is 1.82 bits per heavy atom. The van der Waals surface area contributed by atoms with E-state index < -0.39 is 17.5 Å². The van der Waals surface area contributed by atoms with Gasteiger partial charge in [0.25, 0.3) is 0 Å². The molecule has 0 aliphatic rings. The molecule has 0 spiro atoms. The molecule has 0 saturated carbocycles. The lowest BCUT2D eigenvalue weighted by Crippen LogP contribution is -2.14. The molecule has 0 amide bonds. The molecule has 6 nitrogen and oxygen atoms in total. The van der Waals surface area contributed by atoms with Gasteiger partial charge in [-0.25, -0.2) is 9.59 Å². The van der Waals surface area contributed by atoms with E-state index in [0.717, 1.165) is 13.2 Å². The number of hydrogen-bond acceptors (Lipinski definition) is 5. The molecule has 0 heterocycles. The molecular formula is C11H10O6. The lowest BCUT2D eigenvalue weighted by molar-refractivity contribution is -0.250. The zero-order chi connectivity index (χ0) is 12.8. The van der Waals surface area contributed by atoms with Crippen LogP contribution in [-0.4, -0.2) is 29.3 Å². The third-order valence-corrected chi connectivity index (χ3v) is 1.81. The average molecular weight is 238 g/mol. The molecule has 1 aromatic rings. The Morgan fingerprint density at radius 1 is 1.24 bits per heavy atom. The summed E-state index contributed by atoms with van der Waals surface area (Å²) in [5.74, 6) is -2.49. The Hall–Kier alpha value is -2.34. The van der Waals surface area contributed by atoms with E-state index in [1.165, 1.54) is 24.3 Å². The topological polar surface area (TPSA) is 93.1 Å². The molecule has 0 atom stereocenters. The lowest BCUT2D eigenvalue weighted by atomic mass is 10.1. The number of carboxylic acid groups (broad SMARTS) is 1. The first-order valence-corrected chi connectivity index (χ1v) is 4.53. The summed E-state index contributed by atoms with van der Waals surface area (Å²) in [7, 11) is 1.10. The van der Waals surface area contributed by atoms with Crippen molar-refractivity contribution >= 4 is 18.0 Å². The number of benzene rings is 1. The minimum atomic E-state index is -1.43. The Balaban J connectivity index is 3.02. The molecule has 0 aliphatic heterocycles. The molecule has 2 N–H and O–H groups in total.